The molecule has 0 bridgehead atoms. The Kier molecular flexibility index (Phi) is 8.66. The molecule has 6 N–H and O–H groups in total. The van der Waals surface area contributed by atoms with Crippen molar-refractivity contribution in [2.45, 2.75) is 13.8 Å². The number of phenolic OH excluding ortho intramolecular Hbond substituents is 6. The Morgan fingerprint density at radius 3 is 1.04 bits per heavy atom. The minimum Gasteiger partial charge on any atom is -0.507 e. The van der Waals surface area contributed by atoms with Gasteiger partial charge in [0.1, 0.15) is 11.5 Å². The lowest BCUT2D eigenvalue weighted by molar-refractivity contribution is 0.102. The summed E-state index contributed by atoms with van der Waals surface area (Å²) in [5.41, 5.74) is 4.88. The van der Waals surface area contributed by atoms with Crippen molar-refractivity contribution in [2.75, 3.05) is 0 Å². The number of fused-ring (bicyclic) bond motifs is 2. The third-order valence-electron chi connectivity index (χ3n) is 10.3. The summed E-state index contributed by atoms with van der Waals surface area (Å²) in [5, 5.41) is 68.0. The van der Waals surface area contributed by atoms with Gasteiger partial charge in [0, 0.05) is 43.8 Å². The van der Waals surface area contributed by atoms with Gasteiger partial charge < -0.3 is 30.6 Å². The van der Waals surface area contributed by atoms with E-state index < -0.39 is 34.6 Å². The molecular formula is C48H34O8. The lowest BCUT2D eigenvalue weighted by Crippen LogP contribution is -2.05. The molecular weight excluding hydrogens is 705 g/mol. The van der Waals surface area contributed by atoms with E-state index in [0.717, 1.165) is 34.4 Å². The van der Waals surface area contributed by atoms with Gasteiger partial charge >= 0.3 is 0 Å². The predicted octanol–water partition coefficient (Wildman–Crippen LogP) is 10.3. The van der Waals surface area contributed by atoms with Crippen molar-refractivity contribution in [2.24, 2.45) is 0 Å². The first-order chi connectivity index (χ1) is 26.9. The van der Waals surface area contributed by atoms with E-state index in [1.165, 1.54) is 0 Å². The molecule has 8 nitrogen and oxygen atoms in total. The van der Waals surface area contributed by atoms with Crippen LogP contribution in [0.3, 0.4) is 0 Å². The van der Waals surface area contributed by atoms with Crippen molar-refractivity contribution >= 4 is 33.1 Å². The maximum atomic E-state index is 14.0. The van der Waals surface area contributed by atoms with Crippen LogP contribution >= 0.6 is 0 Å². The highest BCUT2D eigenvalue weighted by atomic mass is 16.3. The Bertz CT molecular complexity index is 2680. The molecule has 0 saturated heterocycles. The summed E-state index contributed by atoms with van der Waals surface area (Å²) in [6.07, 6.45) is 0. The van der Waals surface area contributed by atoms with Crippen LogP contribution in [0.1, 0.15) is 43.0 Å². The van der Waals surface area contributed by atoms with E-state index in [1.807, 2.05) is 60.7 Å². The maximum absolute atomic E-state index is 14.0. The quantitative estimate of drug-likeness (QED) is 0.0697. The van der Waals surface area contributed by atoms with Gasteiger partial charge in [0.15, 0.2) is 34.6 Å². The summed E-state index contributed by atoms with van der Waals surface area (Å²) in [6.45, 7) is 3.32. The van der Waals surface area contributed by atoms with Crippen molar-refractivity contribution in [1.29, 1.82) is 0 Å². The molecule has 0 atom stereocenters. The Morgan fingerprint density at radius 2 is 0.696 bits per heavy atom. The summed E-state index contributed by atoms with van der Waals surface area (Å²) in [5.74, 6) is -4.50. The standard InChI is InChI=1S/C48H34O8/c1-25-21-33-35(23-37(49)47(55)41(33)43(51)31-17-13-29(14-18-31)27-9-5-3-6-10-27)45(53)39(25)40-26(2)22-34-36(46(40)54)24-38(50)48(56)42(34)44(52)32-19-15-30(16-20-32)28-11-7-4-8-12-28/h3-24,49-50,53-56H,1-2H3. The fraction of sp³-hybridized carbons (Fsp3) is 0.0417. The van der Waals surface area contributed by atoms with Gasteiger partial charge in [-0.2, -0.15) is 0 Å². The largest absolute Gasteiger partial charge is 0.507 e. The minimum atomic E-state index is -0.645. The van der Waals surface area contributed by atoms with Crippen molar-refractivity contribution in [3.8, 4) is 67.9 Å². The molecule has 56 heavy (non-hydrogen) atoms. The second-order valence-corrected chi connectivity index (χ2v) is 13.8. The molecule has 0 heterocycles. The van der Waals surface area contributed by atoms with Gasteiger partial charge in [-0.05, 0) is 71.5 Å². The van der Waals surface area contributed by atoms with Crippen LogP contribution in [0.25, 0.3) is 54.9 Å². The number of aryl methyl sites for hydroxylation is 2. The molecule has 8 rings (SSSR count). The molecule has 274 valence electrons. The summed E-state index contributed by atoms with van der Waals surface area (Å²) in [4.78, 5) is 28.0. The summed E-state index contributed by atoms with van der Waals surface area (Å²) < 4.78 is 0. The van der Waals surface area contributed by atoms with Crippen molar-refractivity contribution < 1.29 is 40.2 Å². The minimum absolute atomic E-state index is 0.0347. The Morgan fingerprint density at radius 1 is 0.375 bits per heavy atom. The monoisotopic (exact) mass is 738 g/mol. The molecule has 0 aliphatic heterocycles. The number of rotatable bonds is 7. The zero-order chi connectivity index (χ0) is 39.4. The number of carbonyl (C=O) groups excluding carboxylic acids is 2. The van der Waals surface area contributed by atoms with E-state index in [-0.39, 0.29) is 66.4 Å². The fourth-order valence-electron chi connectivity index (χ4n) is 7.53. The molecule has 0 spiro atoms. The van der Waals surface area contributed by atoms with E-state index >= 15 is 0 Å². The van der Waals surface area contributed by atoms with Crippen LogP contribution in [0, 0.1) is 13.8 Å². The van der Waals surface area contributed by atoms with E-state index in [4.69, 9.17) is 0 Å². The average Bonchev–Trinajstić information content (AvgIpc) is 3.21. The second kappa shape index (κ2) is 13.7. The van der Waals surface area contributed by atoms with Crippen LogP contribution in [0.4, 0.5) is 0 Å². The van der Waals surface area contributed by atoms with Gasteiger partial charge in [0.2, 0.25) is 0 Å². The second-order valence-electron chi connectivity index (χ2n) is 13.8. The van der Waals surface area contributed by atoms with Gasteiger partial charge in [0.25, 0.3) is 0 Å². The number of aromatic hydroxyl groups is 6. The Balaban J connectivity index is 1.24. The third kappa shape index (κ3) is 5.81. The fourth-order valence-corrected chi connectivity index (χ4v) is 7.53. The van der Waals surface area contributed by atoms with Crippen LogP contribution in [0.2, 0.25) is 0 Å². The molecule has 0 fully saturated rings. The van der Waals surface area contributed by atoms with Crippen LogP contribution in [0.5, 0.6) is 34.5 Å². The van der Waals surface area contributed by atoms with Crippen LogP contribution < -0.4 is 0 Å². The zero-order valence-corrected chi connectivity index (χ0v) is 30.2. The van der Waals surface area contributed by atoms with Crippen LogP contribution in [0.15, 0.2) is 133 Å². The van der Waals surface area contributed by atoms with Gasteiger partial charge in [-0.3, -0.25) is 9.59 Å². The molecule has 8 heteroatoms. The molecule has 0 aliphatic carbocycles. The molecule has 0 aromatic heterocycles. The van der Waals surface area contributed by atoms with Gasteiger partial charge in [-0.25, -0.2) is 0 Å². The predicted molar refractivity (Wildman–Crippen MR) is 217 cm³/mol. The van der Waals surface area contributed by atoms with Gasteiger partial charge in [-0.1, -0.05) is 109 Å². The molecule has 0 radical (unpaired) electrons. The summed E-state index contributed by atoms with van der Waals surface area (Å²) in [7, 11) is 0. The summed E-state index contributed by atoms with van der Waals surface area (Å²) in [6, 6.07) is 38.4. The lowest BCUT2D eigenvalue weighted by Gasteiger charge is -2.20. The number of carbonyl (C=O) groups is 2. The van der Waals surface area contributed by atoms with Crippen LogP contribution in [-0.2, 0) is 0 Å². The molecule has 0 aliphatic rings. The van der Waals surface area contributed by atoms with Crippen molar-refractivity contribution in [3.05, 3.63) is 167 Å². The first-order valence-electron chi connectivity index (χ1n) is 17.8. The van der Waals surface area contributed by atoms with Crippen LogP contribution in [-0.4, -0.2) is 42.2 Å². The van der Waals surface area contributed by atoms with E-state index in [0.29, 0.717) is 11.1 Å². The average molecular weight is 739 g/mol. The SMILES string of the molecule is Cc1cc2c(C(=O)c3ccc(-c4ccccc4)cc3)c(O)c(O)cc2c(O)c1-c1c(C)cc2c(C(=O)c3ccc(-c4ccccc4)cc3)c(O)c(O)cc2c1O. The number of phenols is 6. The Hall–Kier alpha value is -7.58. The van der Waals surface area contributed by atoms with Gasteiger partial charge in [0.05, 0.1) is 11.1 Å². The van der Waals surface area contributed by atoms with Crippen molar-refractivity contribution in [1.82, 2.24) is 0 Å². The molecule has 8 aromatic carbocycles. The number of ketones is 2. The highest BCUT2D eigenvalue weighted by Gasteiger charge is 2.28. The normalized spacial score (nSPS) is 11.2. The van der Waals surface area contributed by atoms with Crippen molar-refractivity contribution in [3.63, 3.8) is 0 Å². The smallest absolute Gasteiger partial charge is 0.197 e. The zero-order valence-electron chi connectivity index (χ0n) is 30.2. The molecule has 0 saturated carbocycles. The number of hydrogen-bond donors (Lipinski definition) is 6. The highest BCUT2D eigenvalue weighted by molar-refractivity contribution is 6.22. The number of hydrogen-bond acceptors (Lipinski definition) is 8. The van der Waals surface area contributed by atoms with Gasteiger partial charge in [-0.15, -0.1) is 0 Å². The Labute approximate surface area is 321 Å². The third-order valence-corrected chi connectivity index (χ3v) is 10.3. The maximum Gasteiger partial charge on any atom is 0.197 e. The molecule has 0 amide bonds. The summed E-state index contributed by atoms with van der Waals surface area (Å²) >= 11 is 0. The van der Waals surface area contributed by atoms with E-state index in [1.54, 1.807) is 74.5 Å². The first-order valence-corrected chi connectivity index (χ1v) is 17.8. The van der Waals surface area contributed by atoms with E-state index in [9.17, 15) is 40.2 Å². The molecule has 0 unspecified atom stereocenters. The lowest BCUT2D eigenvalue weighted by atomic mass is 9.85. The topological polar surface area (TPSA) is 156 Å². The molecule has 8 aromatic rings. The first kappa shape index (κ1) is 35.4. The van der Waals surface area contributed by atoms with E-state index in [2.05, 4.69) is 0 Å². The highest BCUT2D eigenvalue weighted by Crippen LogP contribution is 2.51. The number of benzene rings is 8.